The highest BCUT2D eigenvalue weighted by Crippen LogP contribution is 2.16. The first-order valence-electron chi connectivity index (χ1n) is 3.05. The van der Waals surface area contributed by atoms with Crippen molar-refractivity contribution in [1.82, 2.24) is 9.38 Å². The summed E-state index contributed by atoms with van der Waals surface area (Å²) in [5.74, 6) is -0.282. The fraction of sp³-hybridized carbons (Fsp3) is 0. The molecule has 2 aromatic heterocycles. The van der Waals surface area contributed by atoms with Gasteiger partial charge in [0.25, 0.3) is 0 Å². The molecule has 2 aromatic rings. The number of hydrogen-bond acceptors (Lipinski definition) is 1. The molecule has 56 valence electrons. The minimum absolute atomic E-state index is 0.282. The summed E-state index contributed by atoms with van der Waals surface area (Å²) in [7, 11) is 0. The maximum atomic E-state index is 12.8. The van der Waals surface area contributed by atoms with Crippen LogP contribution in [0, 0.1) is 5.82 Å². The standard InChI is InChI=1S/C7H4BrFN2/c8-7-6(9)2-1-5-3-10-4-11(5)7/h1-4H. The van der Waals surface area contributed by atoms with E-state index in [1.807, 2.05) is 0 Å². The molecule has 0 fully saturated rings. The summed E-state index contributed by atoms with van der Waals surface area (Å²) in [6, 6.07) is 3.08. The van der Waals surface area contributed by atoms with E-state index in [1.54, 1.807) is 23.0 Å². The van der Waals surface area contributed by atoms with Crippen LogP contribution in [0.1, 0.15) is 0 Å². The molecule has 0 aliphatic carbocycles. The van der Waals surface area contributed by atoms with Gasteiger partial charge in [-0.25, -0.2) is 9.37 Å². The lowest BCUT2D eigenvalue weighted by atomic mass is 10.4. The predicted molar refractivity (Wildman–Crippen MR) is 42.9 cm³/mol. The SMILES string of the molecule is Fc1ccc2cncn2c1Br. The second kappa shape index (κ2) is 2.30. The first-order chi connectivity index (χ1) is 5.29. The van der Waals surface area contributed by atoms with Gasteiger partial charge in [0.05, 0.1) is 11.7 Å². The number of pyridine rings is 1. The van der Waals surface area contributed by atoms with Crippen LogP contribution < -0.4 is 0 Å². The summed E-state index contributed by atoms with van der Waals surface area (Å²) in [5, 5.41) is 0. The fourth-order valence-electron chi connectivity index (χ4n) is 0.935. The Balaban J connectivity index is 2.93. The van der Waals surface area contributed by atoms with Crippen molar-refractivity contribution in [2.24, 2.45) is 0 Å². The molecule has 0 N–H and O–H groups in total. The van der Waals surface area contributed by atoms with Gasteiger partial charge in [-0.1, -0.05) is 0 Å². The molecule has 2 nitrogen and oxygen atoms in total. The number of halogens is 2. The van der Waals surface area contributed by atoms with E-state index >= 15 is 0 Å². The third kappa shape index (κ3) is 0.939. The van der Waals surface area contributed by atoms with Gasteiger partial charge in [0.1, 0.15) is 10.9 Å². The maximum absolute atomic E-state index is 12.8. The van der Waals surface area contributed by atoms with Crippen LogP contribution in [-0.2, 0) is 0 Å². The summed E-state index contributed by atoms with van der Waals surface area (Å²) in [6.07, 6.45) is 3.23. The van der Waals surface area contributed by atoms with E-state index < -0.39 is 0 Å². The van der Waals surface area contributed by atoms with Crippen molar-refractivity contribution in [3.05, 3.63) is 35.1 Å². The van der Waals surface area contributed by atoms with Gasteiger partial charge < -0.3 is 0 Å². The zero-order valence-electron chi connectivity index (χ0n) is 5.46. The van der Waals surface area contributed by atoms with Crippen molar-refractivity contribution < 1.29 is 4.39 Å². The fourth-order valence-corrected chi connectivity index (χ4v) is 1.36. The first-order valence-corrected chi connectivity index (χ1v) is 3.84. The van der Waals surface area contributed by atoms with Crippen LogP contribution in [0.3, 0.4) is 0 Å². The lowest BCUT2D eigenvalue weighted by molar-refractivity contribution is 0.610. The van der Waals surface area contributed by atoms with E-state index in [-0.39, 0.29) is 5.82 Å². The summed E-state index contributed by atoms with van der Waals surface area (Å²) in [4.78, 5) is 3.87. The number of rotatable bonds is 0. The molecule has 0 amide bonds. The van der Waals surface area contributed by atoms with E-state index in [9.17, 15) is 4.39 Å². The van der Waals surface area contributed by atoms with Crippen molar-refractivity contribution in [2.45, 2.75) is 0 Å². The molecular weight excluding hydrogens is 211 g/mol. The molecule has 0 atom stereocenters. The molecule has 0 spiro atoms. The highest BCUT2D eigenvalue weighted by molar-refractivity contribution is 9.10. The topological polar surface area (TPSA) is 17.3 Å². The third-order valence-electron chi connectivity index (χ3n) is 1.48. The number of nitrogens with zero attached hydrogens (tertiary/aromatic N) is 2. The Morgan fingerprint density at radius 2 is 2.27 bits per heavy atom. The average Bonchev–Trinajstić information content (AvgIpc) is 2.45. The van der Waals surface area contributed by atoms with E-state index in [2.05, 4.69) is 20.9 Å². The summed E-state index contributed by atoms with van der Waals surface area (Å²) >= 11 is 3.11. The Bertz CT molecular complexity index is 396. The van der Waals surface area contributed by atoms with Crippen molar-refractivity contribution in [1.29, 1.82) is 0 Å². The van der Waals surface area contributed by atoms with Crippen LogP contribution in [0.25, 0.3) is 5.52 Å². The molecule has 0 saturated carbocycles. The minimum atomic E-state index is -0.282. The van der Waals surface area contributed by atoms with Crippen LogP contribution in [0.5, 0.6) is 0 Å². The van der Waals surface area contributed by atoms with Gasteiger partial charge in [-0.05, 0) is 28.1 Å². The van der Waals surface area contributed by atoms with Gasteiger partial charge in [0, 0.05) is 0 Å². The van der Waals surface area contributed by atoms with Gasteiger partial charge in [-0.3, -0.25) is 4.40 Å². The molecule has 0 aliphatic heterocycles. The lowest BCUT2D eigenvalue weighted by Crippen LogP contribution is -1.87. The Kier molecular flexibility index (Phi) is 1.42. The highest BCUT2D eigenvalue weighted by atomic mass is 79.9. The van der Waals surface area contributed by atoms with Gasteiger partial charge in [0.2, 0.25) is 0 Å². The second-order valence-corrected chi connectivity index (χ2v) is 2.91. The van der Waals surface area contributed by atoms with Crippen LogP contribution in [0.4, 0.5) is 4.39 Å². The highest BCUT2D eigenvalue weighted by Gasteiger charge is 2.02. The normalized spacial score (nSPS) is 10.7. The zero-order valence-corrected chi connectivity index (χ0v) is 7.05. The second-order valence-electron chi connectivity index (χ2n) is 2.16. The number of fused-ring (bicyclic) bond motifs is 1. The van der Waals surface area contributed by atoms with E-state index in [0.717, 1.165) is 5.52 Å². The molecule has 11 heavy (non-hydrogen) atoms. The van der Waals surface area contributed by atoms with Crippen LogP contribution in [-0.4, -0.2) is 9.38 Å². The summed E-state index contributed by atoms with van der Waals surface area (Å²) in [6.45, 7) is 0. The van der Waals surface area contributed by atoms with E-state index in [4.69, 9.17) is 0 Å². The lowest BCUT2D eigenvalue weighted by Gasteiger charge is -1.97. The van der Waals surface area contributed by atoms with Gasteiger partial charge in [0.15, 0.2) is 5.82 Å². The monoisotopic (exact) mass is 214 g/mol. The Labute approximate surface area is 70.8 Å². The number of hydrogen-bond donors (Lipinski definition) is 0. The molecule has 0 radical (unpaired) electrons. The number of aromatic nitrogens is 2. The van der Waals surface area contributed by atoms with Crippen molar-refractivity contribution >= 4 is 21.4 Å². The van der Waals surface area contributed by atoms with E-state index in [1.165, 1.54) is 6.07 Å². The minimum Gasteiger partial charge on any atom is -0.291 e. The van der Waals surface area contributed by atoms with Crippen LogP contribution in [0.2, 0.25) is 0 Å². The van der Waals surface area contributed by atoms with Crippen molar-refractivity contribution in [3.8, 4) is 0 Å². The average molecular weight is 215 g/mol. The largest absolute Gasteiger partial charge is 0.291 e. The molecule has 0 unspecified atom stereocenters. The van der Waals surface area contributed by atoms with Gasteiger partial charge in [-0.15, -0.1) is 0 Å². The van der Waals surface area contributed by atoms with E-state index in [0.29, 0.717) is 4.60 Å². The molecule has 0 aliphatic rings. The van der Waals surface area contributed by atoms with Crippen molar-refractivity contribution in [2.75, 3.05) is 0 Å². The number of imidazole rings is 1. The molecule has 2 heterocycles. The smallest absolute Gasteiger partial charge is 0.154 e. The first kappa shape index (κ1) is 6.79. The predicted octanol–water partition coefficient (Wildman–Crippen LogP) is 2.24. The van der Waals surface area contributed by atoms with Crippen LogP contribution in [0.15, 0.2) is 29.3 Å². The molecule has 2 rings (SSSR count). The summed E-state index contributed by atoms with van der Waals surface area (Å²) in [5.41, 5.74) is 0.873. The molecular formula is C7H4BrFN2. The zero-order chi connectivity index (χ0) is 7.84. The Hall–Kier alpha value is -0.900. The Morgan fingerprint density at radius 3 is 3.09 bits per heavy atom. The van der Waals surface area contributed by atoms with Gasteiger partial charge >= 0.3 is 0 Å². The molecule has 0 saturated heterocycles. The summed E-state index contributed by atoms with van der Waals surface area (Å²) < 4.78 is 14.9. The molecule has 0 aromatic carbocycles. The third-order valence-corrected chi connectivity index (χ3v) is 2.24. The quantitative estimate of drug-likeness (QED) is 0.616. The van der Waals surface area contributed by atoms with Crippen molar-refractivity contribution in [3.63, 3.8) is 0 Å². The Morgan fingerprint density at radius 1 is 1.45 bits per heavy atom. The van der Waals surface area contributed by atoms with Gasteiger partial charge in [-0.2, -0.15) is 0 Å². The maximum Gasteiger partial charge on any atom is 0.154 e. The molecule has 0 bridgehead atoms. The van der Waals surface area contributed by atoms with Crippen LogP contribution >= 0.6 is 15.9 Å². The molecule has 4 heteroatoms.